The number of hydrogen-bond acceptors (Lipinski definition) is 4. The van der Waals surface area contributed by atoms with Crippen molar-refractivity contribution in [1.29, 1.82) is 0 Å². The smallest absolute Gasteiger partial charge is 0.195 e. The zero-order valence-corrected chi connectivity index (χ0v) is 13.6. The minimum Gasteiger partial charge on any atom is -0.284 e. The number of nitrogens with one attached hydrogen (secondary N) is 1. The van der Waals surface area contributed by atoms with Crippen molar-refractivity contribution in [2.24, 2.45) is 0 Å². The van der Waals surface area contributed by atoms with Gasteiger partial charge < -0.3 is 0 Å². The monoisotopic (exact) mass is 299 g/mol. The first kappa shape index (κ1) is 15.5. The maximum atomic E-state index is 12.7. The second kappa shape index (κ2) is 5.85. The van der Waals surface area contributed by atoms with Crippen molar-refractivity contribution >= 4 is 9.84 Å². The molecule has 2 rings (SSSR count). The zero-order chi connectivity index (χ0) is 14.9. The molecule has 1 aromatic heterocycles. The minimum absolute atomic E-state index is 0.111. The van der Waals surface area contributed by atoms with E-state index in [0.717, 1.165) is 25.7 Å². The van der Waals surface area contributed by atoms with Crippen LogP contribution in [0.15, 0.2) is 4.90 Å². The van der Waals surface area contributed by atoms with Crippen molar-refractivity contribution in [3.05, 3.63) is 11.4 Å². The summed E-state index contributed by atoms with van der Waals surface area (Å²) in [6.07, 6.45) is 4.36. The van der Waals surface area contributed by atoms with Crippen LogP contribution in [0, 0.1) is 13.8 Å². The van der Waals surface area contributed by atoms with Gasteiger partial charge in [0.25, 0.3) is 0 Å². The van der Waals surface area contributed by atoms with Crippen LogP contribution in [-0.4, -0.2) is 41.5 Å². The predicted octanol–water partition coefficient (Wildman–Crippen LogP) is 2.41. The van der Waals surface area contributed by atoms with Gasteiger partial charge in [0.15, 0.2) is 9.84 Å². The van der Waals surface area contributed by atoms with Gasteiger partial charge in [-0.05, 0) is 40.0 Å². The third kappa shape index (κ3) is 2.91. The molecule has 1 saturated heterocycles. The van der Waals surface area contributed by atoms with Gasteiger partial charge >= 0.3 is 0 Å². The van der Waals surface area contributed by atoms with Crippen molar-refractivity contribution in [1.82, 2.24) is 15.1 Å². The van der Waals surface area contributed by atoms with E-state index >= 15 is 0 Å². The van der Waals surface area contributed by atoms with Crippen LogP contribution in [0.4, 0.5) is 0 Å². The Labute approximate surface area is 121 Å². The van der Waals surface area contributed by atoms with Crippen LogP contribution in [0.3, 0.4) is 0 Å². The molecule has 0 aromatic carbocycles. The van der Waals surface area contributed by atoms with Crippen LogP contribution in [0.5, 0.6) is 0 Å². The second-order valence-corrected chi connectivity index (χ2v) is 7.79. The molecule has 0 bridgehead atoms. The number of aromatic amines is 1. The Morgan fingerprint density at radius 2 is 2.05 bits per heavy atom. The Balaban J connectivity index is 2.23. The molecule has 1 aromatic rings. The van der Waals surface area contributed by atoms with E-state index in [1.807, 2.05) is 0 Å². The van der Waals surface area contributed by atoms with Gasteiger partial charge in [-0.15, -0.1) is 0 Å². The number of aryl methyl sites for hydroxylation is 2. The topological polar surface area (TPSA) is 66.1 Å². The summed E-state index contributed by atoms with van der Waals surface area (Å²) in [5.74, 6) is 0.111. The van der Waals surface area contributed by atoms with Gasteiger partial charge in [-0.2, -0.15) is 5.10 Å². The lowest BCUT2D eigenvalue weighted by Gasteiger charge is -2.27. The molecule has 0 aliphatic carbocycles. The molecule has 114 valence electrons. The molecule has 1 fully saturated rings. The first-order chi connectivity index (χ1) is 9.36. The molecule has 20 heavy (non-hydrogen) atoms. The number of aromatic nitrogens is 2. The first-order valence-corrected chi connectivity index (χ1v) is 9.02. The summed E-state index contributed by atoms with van der Waals surface area (Å²) in [4.78, 5) is 2.54. The number of hydrogen-bond donors (Lipinski definition) is 1. The summed E-state index contributed by atoms with van der Waals surface area (Å²) in [7, 11) is -3.31. The Morgan fingerprint density at radius 3 is 2.60 bits per heavy atom. The van der Waals surface area contributed by atoms with Crippen LogP contribution in [-0.2, 0) is 9.84 Å². The molecule has 2 atom stereocenters. The average molecular weight is 299 g/mol. The normalized spacial score (nSPS) is 24.4. The van der Waals surface area contributed by atoms with Crippen molar-refractivity contribution in [3.8, 4) is 0 Å². The average Bonchev–Trinajstić information content (AvgIpc) is 2.86. The summed E-state index contributed by atoms with van der Waals surface area (Å²) in [6, 6.07) is 0.742. The summed E-state index contributed by atoms with van der Waals surface area (Å²) in [5.41, 5.74) is 1.21. The van der Waals surface area contributed by atoms with Gasteiger partial charge in [0.05, 0.1) is 11.4 Å². The van der Waals surface area contributed by atoms with E-state index in [2.05, 4.69) is 28.9 Å². The SMILES string of the molecule is CCC[C@@H]1CC[C@H](C)N1CS(=O)(=O)c1c(C)n[nH]c1C. The van der Waals surface area contributed by atoms with E-state index in [1.165, 1.54) is 0 Å². The Hall–Kier alpha value is -0.880. The third-order valence-corrected chi connectivity index (χ3v) is 6.13. The number of sulfone groups is 1. The number of nitrogens with zero attached hydrogens (tertiary/aromatic N) is 2. The molecule has 0 radical (unpaired) electrons. The van der Waals surface area contributed by atoms with Crippen molar-refractivity contribution in [2.75, 3.05) is 5.88 Å². The fourth-order valence-corrected chi connectivity index (χ4v) is 5.26. The fraction of sp³-hybridized carbons (Fsp3) is 0.786. The Morgan fingerprint density at radius 1 is 1.35 bits per heavy atom. The van der Waals surface area contributed by atoms with E-state index in [-0.39, 0.29) is 5.88 Å². The highest BCUT2D eigenvalue weighted by atomic mass is 32.2. The maximum Gasteiger partial charge on any atom is 0.195 e. The standard InChI is InChI=1S/C14H25N3O2S/c1-5-6-13-8-7-10(2)17(13)9-20(18,19)14-11(3)15-16-12(14)4/h10,13H,5-9H2,1-4H3,(H,15,16)/t10-,13+/m0/s1. The molecule has 0 spiro atoms. The number of H-pyrrole nitrogens is 1. The summed E-state index contributed by atoms with van der Waals surface area (Å²) in [5, 5.41) is 6.78. The molecule has 0 saturated carbocycles. The fourth-order valence-electron chi connectivity index (χ4n) is 3.26. The van der Waals surface area contributed by atoms with Crippen LogP contribution in [0.1, 0.15) is 50.9 Å². The Bertz CT molecular complexity index is 543. The highest BCUT2D eigenvalue weighted by Crippen LogP contribution is 2.29. The van der Waals surface area contributed by atoms with Crippen molar-refractivity contribution in [3.63, 3.8) is 0 Å². The molecule has 6 heteroatoms. The Kier molecular flexibility index (Phi) is 4.54. The summed E-state index contributed by atoms with van der Waals surface area (Å²) >= 11 is 0. The molecule has 5 nitrogen and oxygen atoms in total. The second-order valence-electron chi connectivity index (χ2n) is 5.89. The van der Waals surface area contributed by atoms with Gasteiger partial charge in [0, 0.05) is 12.1 Å². The quantitative estimate of drug-likeness (QED) is 0.906. The minimum atomic E-state index is -3.31. The van der Waals surface area contributed by atoms with Crippen molar-refractivity contribution < 1.29 is 8.42 Å². The van der Waals surface area contributed by atoms with E-state index < -0.39 is 9.84 Å². The van der Waals surface area contributed by atoms with Crippen LogP contribution < -0.4 is 0 Å². The molecule has 1 N–H and O–H groups in total. The van der Waals surface area contributed by atoms with Gasteiger partial charge in [0.2, 0.25) is 0 Å². The van der Waals surface area contributed by atoms with Gasteiger partial charge in [-0.1, -0.05) is 13.3 Å². The van der Waals surface area contributed by atoms with E-state index in [9.17, 15) is 8.42 Å². The van der Waals surface area contributed by atoms with E-state index in [0.29, 0.717) is 28.4 Å². The first-order valence-electron chi connectivity index (χ1n) is 7.37. The van der Waals surface area contributed by atoms with E-state index in [4.69, 9.17) is 0 Å². The van der Waals surface area contributed by atoms with Crippen LogP contribution in [0.2, 0.25) is 0 Å². The third-order valence-electron chi connectivity index (χ3n) is 4.27. The molecule has 1 aliphatic heterocycles. The maximum absolute atomic E-state index is 12.7. The molecule has 2 heterocycles. The zero-order valence-electron chi connectivity index (χ0n) is 12.8. The lowest BCUT2D eigenvalue weighted by Crippen LogP contribution is -2.38. The van der Waals surface area contributed by atoms with Crippen LogP contribution in [0.25, 0.3) is 0 Å². The van der Waals surface area contributed by atoms with E-state index in [1.54, 1.807) is 13.8 Å². The highest BCUT2D eigenvalue weighted by molar-refractivity contribution is 7.91. The van der Waals surface area contributed by atoms with Gasteiger partial charge in [0.1, 0.15) is 10.8 Å². The number of rotatable bonds is 5. The van der Waals surface area contributed by atoms with Gasteiger partial charge in [-0.25, -0.2) is 8.42 Å². The summed E-state index contributed by atoms with van der Waals surface area (Å²) < 4.78 is 25.4. The highest BCUT2D eigenvalue weighted by Gasteiger charge is 2.35. The number of likely N-dealkylation sites (tertiary alicyclic amines) is 1. The molecular weight excluding hydrogens is 274 g/mol. The molecule has 0 unspecified atom stereocenters. The lowest BCUT2D eigenvalue weighted by atomic mass is 10.1. The lowest BCUT2D eigenvalue weighted by molar-refractivity contribution is 0.226. The summed E-state index contributed by atoms with van der Waals surface area (Å²) in [6.45, 7) is 7.79. The predicted molar refractivity (Wildman–Crippen MR) is 79.3 cm³/mol. The molecule has 0 amide bonds. The van der Waals surface area contributed by atoms with Crippen molar-refractivity contribution in [2.45, 2.75) is 70.4 Å². The van der Waals surface area contributed by atoms with Gasteiger partial charge in [-0.3, -0.25) is 10.00 Å². The molecular formula is C14H25N3O2S. The molecule has 1 aliphatic rings. The largest absolute Gasteiger partial charge is 0.284 e. The van der Waals surface area contributed by atoms with Crippen LogP contribution >= 0.6 is 0 Å².